The van der Waals surface area contributed by atoms with Crippen molar-refractivity contribution in [3.8, 4) is 0 Å². The molecule has 0 radical (unpaired) electrons. The SMILES string of the molecule is COC(=O)c1cc(CCC(=O)NN)n(Cc2cccnc2)c1C. The lowest BCUT2D eigenvalue weighted by Crippen LogP contribution is -2.30. The number of pyridine rings is 1. The molecule has 0 fully saturated rings. The number of hydrogen-bond acceptors (Lipinski definition) is 5. The number of carbonyl (C=O) groups excluding carboxylic acids is 2. The minimum absolute atomic E-state index is 0.244. The van der Waals surface area contributed by atoms with E-state index in [2.05, 4.69) is 10.4 Å². The van der Waals surface area contributed by atoms with Crippen LogP contribution in [0.15, 0.2) is 30.6 Å². The maximum atomic E-state index is 11.9. The molecule has 0 spiro atoms. The van der Waals surface area contributed by atoms with Gasteiger partial charge in [0.25, 0.3) is 0 Å². The van der Waals surface area contributed by atoms with E-state index in [0.717, 1.165) is 17.0 Å². The van der Waals surface area contributed by atoms with Gasteiger partial charge in [0.2, 0.25) is 5.91 Å². The number of nitrogens with zero attached hydrogens (tertiary/aromatic N) is 2. The van der Waals surface area contributed by atoms with Crippen LogP contribution in [0.5, 0.6) is 0 Å². The molecular weight excluding hydrogens is 296 g/mol. The molecular formula is C16H20N4O3. The van der Waals surface area contributed by atoms with Gasteiger partial charge in [0, 0.05) is 36.7 Å². The summed E-state index contributed by atoms with van der Waals surface area (Å²) in [6.45, 7) is 2.42. The lowest BCUT2D eigenvalue weighted by molar-refractivity contribution is -0.121. The lowest BCUT2D eigenvalue weighted by atomic mass is 10.2. The van der Waals surface area contributed by atoms with Crippen molar-refractivity contribution in [1.82, 2.24) is 15.0 Å². The molecule has 0 aliphatic heterocycles. The van der Waals surface area contributed by atoms with Crippen LogP contribution >= 0.6 is 0 Å². The van der Waals surface area contributed by atoms with Crippen LogP contribution in [0.25, 0.3) is 0 Å². The molecule has 2 rings (SSSR count). The van der Waals surface area contributed by atoms with Gasteiger partial charge in [-0.1, -0.05) is 6.07 Å². The first-order chi connectivity index (χ1) is 11.1. The third-order valence-corrected chi connectivity index (χ3v) is 3.69. The number of hydrogen-bond donors (Lipinski definition) is 2. The Balaban J connectivity index is 2.34. The number of rotatable bonds is 6. The second kappa shape index (κ2) is 7.55. The Morgan fingerprint density at radius 2 is 2.22 bits per heavy atom. The second-order valence-electron chi connectivity index (χ2n) is 5.14. The minimum atomic E-state index is -0.392. The van der Waals surface area contributed by atoms with E-state index in [9.17, 15) is 9.59 Å². The predicted octanol–water partition coefficient (Wildman–Crippen LogP) is 0.949. The molecule has 0 atom stereocenters. The van der Waals surface area contributed by atoms with Gasteiger partial charge in [-0.2, -0.15) is 0 Å². The molecule has 0 aliphatic carbocycles. The van der Waals surface area contributed by atoms with Crippen molar-refractivity contribution in [1.29, 1.82) is 0 Å². The highest BCUT2D eigenvalue weighted by Crippen LogP contribution is 2.20. The molecule has 7 nitrogen and oxygen atoms in total. The van der Waals surface area contributed by atoms with E-state index < -0.39 is 5.97 Å². The minimum Gasteiger partial charge on any atom is -0.465 e. The van der Waals surface area contributed by atoms with E-state index in [4.69, 9.17) is 10.6 Å². The molecule has 7 heteroatoms. The Kier molecular flexibility index (Phi) is 5.48. The average molecular weight is 316 g/mol. The van der Waals surface area contributed by atoms with E-state index in [1.165, 1.54) is 7.11 Å². The van der Waals surface area contributed by atoms with Crippen LogP contribution in [0.1, 0.15) is 33.7 Å². The van der Waals surface area contributed by atoms with Crippen molar-refractivity contribution in [3.63, 3.8) is 0 Å². The number of ether oxygens (including phenoxy) is 1. The first-order valence-electron chi connectivity index (χ1n) is 7.22. The van der Waals surface area contributed by atoms with Crippen molar-refractivity contribution < 1.29 is 14.3 Å². The number of hydrazine groups is 1. The first-order valence-corrected chi connectivity index (χ1v) is 7.22. The summed E-state index contributed by atoms with van der Waals surface area (Å²) < 4.78 is 6.81. The zero-order valence-corrected chi connectivity index (χ0v) is 13.2. The van der Waals surface area contributed by atoms with Crippen molar-refractivity contribution in [2.75, 3.05) is 7.11 Å². The third kappa shape index (κ3) is 3.95. The largest absolute Gasteiger partial charge is 0.465 e. The fourth-order valence-electron chi connectivity index (χ4n) is 2.44. The Morgan fingerprint density at radius 3 is 2.83 bits per heavy atom. The topological polar surface area (TPSA) is 99.2 Å². The molecule has 1 amide bonds. The van der Waals surface area contributed by atoms with Gasteiger partial charge in [0.1, 0.15) is 0 Å². The van der Waals surface area contributed by atoms with E-state index >= 15 is 0 Å². The summed E-state index contributed by atoms with van der Waals surface area (Å²) in [4.78, 5) is 27.4. The smallest absolute Gasteiger partial charge is 0.339 e. The Morgan fingerprint density at radius 1 is 1.43 bits per heavy atom. The van der Waals surface area contributed by atoms with Gasteiger partial charge in [0.15, 0.2) is 0 Å². The summed E-state index contributed by atoms with van der Waals surface area (Å²) in [5.41, 5.74) is 5.28. The van der Waals surface area contributed by atoms with Crippen molar-refractivity contribution in [2.24, 2.45) is 5.84 Å². The second-order valence-corrected chi connectivity index (χ2v) is 5.14. The standard InChI is InChI=1S/C16H20N4O3/c1-11-14(16(22)23-2)8-13(5-6-15(21)19-17)20(11)10-12-4-3-7-18-9-12/h3-4,7-9H,5-6,10,17H2,1-2H3,(H,19,21). The van der Waals surface area contributed by atoms with Crippen LogP contribution in [0.2, 0.25) is 0 Å². The predicted molar refractivity (Wildman–Crippen MR) is 84.5 cm³/mol. The fraction of sp³-hybridized carbons (Fsp3) is 0.312. The Bertz CT molecular complexity index is 695. The van der Waals surface area contributed by atoms with Crippen molar-refractivity contribution in [3.05, 3.63) is 53.1 Å². The maximum absolute atomic E-state index is 11.9. The van der Waals surface area contributed by atoms with Gasteiger partial charge in [-0.15, -0.1) is 0 Å². The van der Waals surface area contributed by atoms with Crippen LogP contribution < -0.4 is 11.3 Å². The zero-order chi connectivity index (χ0) is 16.8. The summed E-state index contributed by atoms with van der Waals surface area (Å²) in [6, 6.07) is 5.58. The number of carbonyl (C=O) groups is 2. The van der Waals surface area contributed by atoms with Gasteiger partial charge in [-0.25, -0.2) is 10.6 Å². The van der Waals surface area contributed by atoms with Gasteiger partial charge < -0.3 is 9.30 Å². The highest BCUT2D eigenvalue weighted by Gasteiger charge is 2.18. The van der Waals surface area contributed by atoms with Crippen LogP contribution in [-0.2, 0) is 22.5 Å². The average Bonchev–Trinajstić information content (AvgIpc) is 2.89. The number of amides is 1. The number of aromatic nitrogens is 2. The zero-order valence-electron chi connectivity index (χ0n) is 13.2. The first kappa shape index (κ1) is 16.7. The summed E-state index contributed by atoms with van der Waals surface area (Å²) in [7, 11) is 1.35. The van der Waals surface area contributed by atoms with E-state index in [1.54, 1.807) is 18.5 Å². The van der Waals surface area contributed by atoms with E-state index in [-0.39, 0.29) is 12.3 Å². The number of esters is 1. The summed E-state index contributed by atoms with van der Waals surface area (Å²) in [5, 5.41) is 0. The van der Waals surface area contributed by atoms with E-state index in [0.29, 0.717) is 18.5 Å². The molecule has 23 heavy (non-hydrogen) atoms. The maximum Gasteiger partial charge on any atom is 0.339 e. The monoisotopic (exact) mass is 316 g/mol. The van der Waals surface area contributed by atoms with Crippen molar-refractivity contribution >= 4 is 11.9 Å². The Hall–Kier alpha value is -2.67. The molecule has 0 aromatic carbocycles. The molecule has 0 saturated heterocycles. The summed E-state index contributed by atoms with van der Waals surface area (Å²) in [6.07, 6.45) is 4.20. The summed E-state index contributed by atoms with van der Waals surface area (Å²) in [5.74, 6) is 4.47. The van der Waals surface area contributed by atoms with Gasteiger partial charge in [-0.3, -0.25) is 15.2 Å². The number of aryl methyl sites for hydroxylation is 1. The molecule has 2 aromatic heterocycles. The van der Waals surface area contributed by atoms with Crippen LogP contribution in [0.3, 0.4) is 0 Å². The molecule has 0 unspecified atom stereocenters. The number of nitrogens with one attached hydrogen (secondary N) is 1. The Labute approximate surface area is 134 Å². The fourth-order valence-corrected chi connectivity index (χ4v) is 2.44. The number of methoxy groups -OCH3 is 1. The van der Waals surface area contributed by atoms with Gasteiger partial charge >= 0.3 is 5.97 Å². The molecule has 3 N–H and O–H groups in total. The molecule has 0 saturated carbocycles. The van der Waals surface area contributed by atoms with Crippen LogP contribution in [0, 0.1) is 6.92 Å². The molecule has 122 valence electrons. The quantitative estimate of drug-likeness (QED) is 0.358. The van der Waals surface area contributed by atoms with Crippen molar-refractivity contribution in [2.45, 2.75) is 26.3 Å². The van der Waals surface area contributed by atoms with E-state index in [1.807, 2.05) is 23.6 Å². The molecule has 0 bridgehead atoms. The molecule has 2 heterocycles. The highest BCUT2D eigenvalue weighted by molar-refractivity contribution is 5.91. The lowest BCUT2D eigenvalue weighted by Gasteiger charge is -2.11. The summed E-state index contributed by atoms with van der Waals surface area (Å²) >= 11 is 0. The number of nitrogens with two attached hydrogens (primary N) is 1. The normalized spacial score (nSPS) is 10.4. The van der Waals surface area contributed by atoms with Gasteiger partial charge in [-0.05, 0) is 31.0 Å². The van der Waals surface area contributed by atoms with Crippen LogP contribution in [-0.4, -0.2) is 28.5 Å². The van der Waals surface area contributed by atoms with Crippen LogP contribution in [0.4, 0.5) is 0 Å². The third-order valence-electron chi connectivity index (χ3n) is 3.69. The van der Waals surface area contributed by atoms with Gasteiger partial charge in [0.05, 0.1) is 12.7 Å². The highest BCUT2D eigenvalue weighted by atomic mass is 16.5. The molecule has 0 aliphatic rings. The molecule has 2 aromatic rings.